The van der Waals surface area contributed by atoms with Gasteiger partial charge in [0.1, 0.15) is 32.0 Å². The van der Waals surface area contributed by atoms with Crippen LogP contribution in [0.15, 0.2) is 0 Å². The van der Waals surface area contributed by atoms with Gasteiger partial charge in [0.05, 0.1) is 98.4 Å². The minimum Gasteiger partial charge on any atom is -0.379 e. The van der Waals surface area contributed by atoms with Gasteiger partial charge in [-0.25, -0.2) is 4.79 Å². The maximum absolute atomic E-state index is 12.4. The number of ether oxygens (including phenoxy) is 11. The van der Waals surface area contributed by atoms with Crippen LogP contribution in [0, 0.1) is 0 Å². The molecule has 0 spiro atoms. The fourth-order valence-electron chi connectivity index (χ4n) is 4.79. The Morgan fingerprint density at radius 1 is 0.492 bits per heavy atom. The lowest BCUT2D eigenvalue weighted by molar-refractivity contribution is -0.197. The summed E-state index contributed by atoms with van der Waals surface area (Å²) in [7, 11) is 0. The lowest BCUT2D eigenvalue weighted by Crippen LogP contribution is -2.36. The molecule has 22 nitrogen and oxygen atoms in total. The molecule has 1 saturated heterocycles. The van der Waals surface area contributed by atoms with Gasteiger partial charge in [-0.2, -0.15) is 0 Å². The molecule has 5 amide bonds. The Morgan fingerprint density at radius 2 is 0.869 bits per heavy atom. The molecule has 1 rings (SSSR count). The van der Waals surface area contributed by atoms with Gasteiger partial charge in [-0.3, -0.25) is 24.0 Å². The highest BCUT2D eigenvalue weighted by molar-refractivity contribution is 6.01. The van der Waals surface area contributed by atoms with Crippen LogP contribution in [0.3, 0.4) is 0 Å². The van der Waals surface area contributed by atoms with E-state index < -0.39 is 35.9 Å². The van der Waals surface area contributed by atoms with Crippen LogP contribution in [0.25, 0.3) is 0 Å². The third kappa shape index (κ3) is 31.1. The molecule has 61 heavy (non-hydrogen) atoms. The number of carbonyl (C=O) groups is 6. The van der Waals surface area contributed by atoms with Gasteiger partial charge in [-0.15, -0.1) is 5.06 Å². The first-order valence-corrected chi connectivity index (χ1v) is 21.0. The Hall–Kier alpha value is -3.42. The molecule has 0 aromatic heterocycles. The minimum atomic E-state index is -0.849. The largest absolute Gasteiger partial charge is 0.379 e. The summed E-state index contributed by atoms with van der Waals surface area (Å²) >= 11 is 0. The summed E-state index contributed by atoms with van der Waals surface area (Å²) in [5, 5.41) is 8.40. The Kier molecular flexibility index (Phi) is 34.9. The van der Waals surface area contributed by atoms with Crippen molar-refractivity contribution in [1.29, 1.82) is 0 Å². The lowest BCUT2D eigenvalue weighted by atomic mass is 10.3. The van der Waals surface area contributed by atoms with Gasteiger partial charge in [0.25, 0.3) is 11.8 Å². The van der Waals surface area contributed by atoms with Gasteiger partial charge < -0.3 is 72.9 Å². The van der Waals surface area contributed by atoms with Crippen molar-refractivity contribution in [3.8, 4) is 0 Å². The van der Waals surface area contributed by atoms with Crippen molar-refractivity contribution in [3.05, 3.63) is 0 Å². The molecule has 3 N–H and O–H groups in total. The van der Waals surface area contributed by atoms with E-state index in [-0.39, 0.29) is 136 Å². The summed E-state index contributed by atoms with van der Waals surface area (Å²) in [6.45, 7) is 12.4. The van der Waals surface area contributed by atoms with Crippen molar-refractivity contribution in [3.63, 3.8) is 0 Å². The van der Waals surface area contributed by atoms with Crippen LogP contribution in [0.5, 0.6) is 0 Å². The van der Waals surface area contributed by atoms with E-state index in [9.17, 15) is 28.8 Å². The van der Waals surface area contributed by atoms with Crippen molar-refractivity contribution in [2.24, 2.45) is 0 Å². The van der Waals surface area contributed by atoms with Crippen LogP contribution in [0.2, 0.25) is 0 Å². The number of rotatable bonds is 42. The molecule has 0 aliphatic carbocycles. The molecule has 0 radical (unpaired) electrons. The van der Waals surface area contributed by atoms with E-state index in [2.05, 4.69) is 16.0 Å². The number of hydrogen-bond acceptors (Lipinski definition) is 18. The molecule has 1 aliphatic rings. The Bertz CT molecular complexity index is 1190. The summed E-state index contributed by atoms with van der Waals surface area (Å²) in [6, 6.07) is 0. The molecule has 1 aliphatic heterocycles. The van der Waals surface area contributed by atoms with Crippen LogP contribution in [-0.4, -0.2) is 204 Å². The summed E-state index contributed by atoms with van der Waals surface area (Å²) in [4.78, 5) is 76.8. The molecule has 354 valence electrons. The first-order chi connectivity index (χ1) is 29.6. The van der Waals surface area contributed by atoms with Gasteiger partial charge in [0, 0.05) is 52.3 Å². The number of amides is 5. The predicted molar refractivity (Wildman–Crippen MR) is 214 cm³/mol. The molecular formula is C39H70N4O18. The van der Waals surface area contributed by atoms with Gasteiger partial charge in [0.15, 0.2) is 0 Å². The number of nitrogens with one attached hydrogen (secondary N) is 3. The van der Waals surface area contributed by atoms with E-state index in [4.69, 9.17) is 56.9 Å². The van der Waals surface area contributed by atoms with Gasteiger partial charge >= 0.3 is 5.97 Å². The number of nitrogens with zero attached hydrogens (tertiary/aromatic N) is 1. The van der Waals surface area contributed by atoms with Crippen molar-refractivity contribution >= 4 is 35.5 Å². The number of carbonyl (C=O) groups excluding carboxylic acids is 6. The molecule has 0 bridgehead atoms. The average molecular weight is 883 g/mol. The Morgan fingerprint density at radius 3 is 1.31 bits per heavy atom. The van der Waals surface area contributed by atoms with E-state index in [0.717, 1.165) is 6.42 Å². The molecule has 22 heteroatoms. The minimum absolute atomic E-state index is 0.0266. The van der Waals surface area contributed by atoms with E-state index in [1.807, 2.05) is 27.7 Å². The first kappa shape index (κ1) is 55.6. The zero-order valence-electron chi connectivity index (χ0n) is 36.4. The van der Waals surface area contributed by atoms with Crippen LogP contribution in [-0.2, 0) is 85.7 Å². The second-order valence-corrected chi connectivity index (χ2v) is 13.0. The van der Waals surface area contributed by atoms with Crippen LogP contribution in [0.1, 0.15) is 53.4 Å². The van der Waals surface area contributed by atoms with Crippen molar-refractivity contribution in [2.45, 2.75) is 71.7 Å². The van der Waals surface area contributed by atoms with Gasteiger partial charge in [-0.05, 0) is 27.2 Å². The standard InChI is InChI=1S/C39H70N4O18/c1-5-31(23-51-7-3)58-28-35(45)41-13-15-53-18-21-56-26-33(60-29-34(44)40-12-11-39(49)61-43-37(47)9-10-38(43)48)27-57-22-19-54-16-14-42-36(46)30-59-32(24-52-8-4)25-55-20-17-50-6-2/h31-33H,5-30H2,1-4H3,(H,40,44)(H,41,45)(H,42,46). The highest BCUT2D eigenvalue weighted by Crippen LogP contribution is 2.12. The second kappa shape index (κ2) is 38.3. The third-order valence-corrected chi connectivity index (χ3v) is 8.04. The Balaban J connectivity index is 2.37. The van der Waals surface area contributed by atoms with E-state index in [1.165, 1.54) is 0 Å². The third-order valence-electron chi connectivity index (χ3n) is 8.04. The normalized spacial score (nSPS) is 14.2. The molecule has 1 heterocycles. The second-order valence-electron chi connectivity index (χ2n) is 13.0. The molecule has 0 aromatic rings. The van der Waals surface area contributed by atoms with Crippen molar-refractivity contribution in [2.75, 3.05) is 145 Å². The number of imide groups is 1. The zero-order valence-corrected chi connectivity index (χ0v) is 36.4. The summed E-state index contributed by atoms with van der Waals surface area (Å²) < 4.78 is 60.9. The highest BCUT2D eigenvalue weighted by Gasteiger charge is 2.32. The molecule has 3 atom stereocenters. The summed E-state index contributed by atoms with van der Waals surface area (Å²) in [5.74, 6) is -3.15. The molecular weight excluding hydrogens is 812 g/mol. The SMILES string of the molecule is CCOCCOCC(COCC)OCC(=O)NCCOCCOCC(COCCOCCNC(=O)COC(CC)COCC)OCC(=O)NCCC(=O)ON1C(=O)CCC1=O. The van der Waals surface area contributed by atoms with Crippen LogP contribution in [0.4, 0.5) is 0 Å². The molecule has 0 saturated carbocycles. The van der Waals surface area contributed by atoms with Gasteiger partial charge in [-0.1, -0.05) is 6.92 Å². The summed E-state index contributed by atoms with van der Waals surface area (Å²) in [5.41, 5.74) is 0. The van der Waals surface area contributed by atoms with Crippen LogP contribution >= 0.6 is 0 Å². The quantitative estimate of drug-likeness (QED) is 0.0496. The molecule has 3 unspecified atom stereocenters. The monoisotopic (exact) mass is 882 g/mol. The number of hydrogen-bond donors (Lipinski definition) is 3. The zero-order chi connectivity index (χ0) is 44.8. The van der Waals surface area contributed by atoms with Crippen molar-refractivity contribution in [1.82, 2.24) is 21.0 Å². The molecule has 1 fully saturated rings. The maximum atomic E-state index is 12.4. The maximum Gasteiger partial charge on any atom is 0.334 e. The highest BCUT2D eigenvalue weighted by atomic mass is 16.7. The smallest absolute Gasteiger partial charge is 0.334 e. The summed E-state index contributed by atoms with van der Waals surface area (Å²) in [6.07, 6.45) is -0.818. The lowest BCUT2D eigenvalue weighted by Gasteiger charge is -2.18. The number of hydroxylamine groups is 2. The Labute approximate surface area is 358 Å². The van der Waals surface area contributed by atoms with Crippen molar-refractivity contribution < 1.29 is 85.7 Å². The fourth-order valence-corrected chi connectivity index (χ4v) is 4.79. The average Bonchev–Trinajstić information content (AvgIpc) is 3.56. The predicted octanol–water partition coefficient (Wildman–Crippen LogP) is -0.910. The van der Waals surface area contributed by atoms with Crippen LogP contribution < -0.4 is 16.0 Å². The topological polar surface area (TPSA) is 253 Å². The van der Waals surface area contributed by atoms with Gasteiger partial charge in [0.2, 0.25) is 17.7 Å². The van der Waals surface area contributed by atoms with E-state index in [1.54, 1.807) is 0 Å². The van der Waals surface area contributed by atoms with E-state index in [0.29, 0.717) is 51.3 Å². The fraction of sp³-hybridized carbons (Fsp3) is 0.846. The first-order valence-electron chi connectivity index (χ1n) is 21.0. The van der Waals surface area contributed by atoms with E-state index >= 15 is 0 Å². The molecule has 0 aromatic carbocycles.